The first-order valence-corrected chi connectivity index (χ1v) is 9.90. The van der Waals surface area contributed by atoms with E-state index in [1.54, 1.807) is 34.5 Å². The van der Waals surface area contributed by atoms with Crippen LogP contribution in [0.3, 0.4) is 0 Å². The van der Waals surface area contributed by atoms with Gasteiger partial charge < -0.3 is 4.90 Å². The van der Waals surface area contributed by atoms with Crippen LogP contribution in [0.4, 0.5) is 5.69 Å². The van der Waals surface area contributed by atoms with Gasteiger partial charge in [0.15, 0.2) is 9.84 Å². The highest BCUT2D eigenvalue weighted by Crippen LogP contribution is 2.34. The van der Waals surface area contributed by atoms with Gasteiger partial charge >= 0.3 is 0 Å². The Kier molecular flexibility index (Phi) is 4.01. The molecule has 1 aromatic carbocycles. The van der Waals surface area contributed by atoms with E-state index in [0.29, 0.717) is 33.4 Å². The van der Waals surface area contributed by atoms with Crippen molar-refractivity contribution in [3.8, 4) is 0 Å². The lowest BCUT2D eigenvalue weighted by molar-refractivity contribution is 0.0989. The monoisotopic (exact) mass is 355 g/mol. The molecule has 4 nitrogen and oxygen atoms in total. The Labute approximate surface area is 138 Å². The molecule has 0 aliphatic carbocycles. The fourth-order valence-electron chi connectivity index (χ4n) is 2.71. The molecule has 0 bridgehead atoms. The molecular weight excluding hydrogens is 342 g/mol. The fraction of sp³-hybridized carbons (Fsp3) is 0.267. The number of hydrogen-bond acceptors (Lipinski definition) is 4. The summed E-state index contributed by atoms with van der Waals surface area (Å²) in [5.74, 6) is -0.136. The summed E-state index contributed by atoms with van der Waals surface area (Å²) >= 11 is 7.18. The number of benzene rings is 1. The van der Waals surface area contributed by atoms with Gasteiger partial charge in [-0.1, -0.05) is 17.7 Å². The van der Waals surface area contributed by atoms with Crippen LogP contribution in [-0.4, -0.2) is 27.1 Å². The third-order valence-electron chi connectivity index (χ3n) is 3.63. The van der Waals surface area contributed by atoms with E-state index in [1.807, 2.05) is 0 Å². The maximum atomic E-state index is 12.7. The van der Waals surface area contributed by atoms with Crippen LogP contribution in [0.15, 0.2) is 34.5 Å². The van der Waals surface area contributed by atoms with Crippen LogP contribution in [0.1, 0.15) is 21.7 Å². The van der Waals surface area contributed by atoms with Crippen LogP contribution < -0.4 is 4.90 Å². The number of carbonyl (C=O) groups excluding carboxylic acids is 1. The predicted octanol–water partition coefficient (Wildman–Crippen LogP) is 3.40. The average molecular weight is 356 g/mol. The van der Waals surface area contributed by atoms with E-state index in [0.717, 1.165) is 12.0 Å². The van der Waals surface area contributed by atoms with E-state index in [1.165, 1.54) is 17.6 Å². The summed E-state index contributed by atoms with van der Waals surface area (Å²) in [5.41, 5.74) is 1.41. The standard InChI is InChI=1S/C15H14ClNO3S2/c1-22(19,20)14-6-2-5-12-11(14)4-3-7-17(12)15(18)13-8-10(16)9-21-13/h2,5-6,8-9H,3-4,7H2,1H3. The van der Waals surface area contributed by atoms with Crippen molar-refractivity contribution in [3.05, 3.63) is 45.1 Å². The predicted molar refractivity (Wildman–Crippen MR) is 88.9 cm³/mol. The minimum Gasteiger partial charge on any atom is -0.307 e. The zero-order chi connectivity index (χ0) is 15.9. The highest BCUT2D eigenvalue weighted by Gasteiger charge is 2.28. The Morgan fingerprint density at radius 3 is 2.77 bits per heavy atom. The van der Waals surface area contributed by atoms with Crippen molar-refractivity contribution in [1.82, 2.24) is 0 Å². The summed E-state index contributed by atoms with van der Waals surface area (Å²) in [7, 11) is -3.31. The number of anilines is 1. The van der Waals surface area contributed by atoms with Crippen molar-refractivity contribution in [2.75, 3.05) is 17.7 Å². The molecular formula is C15H14ClNO3S2. The third kappa shape index (κ3) is 2.78. The number of carbonyl (C=O) groups is 1. The number of halogens is 1. The molecule has 0 saturated heterocycles. The van der Waals surface area contributed by atoms with Gasteiger partial charge in [0.2, 0.25) is 0 Å². The van der Waals surface area contributed by atoms with Crippen LogP contribution >= 0.6 is 22.9 Å². The van der Waals surface area contributed by atoms with Crippen molar-refractivity contribution < 1.29 is 13.2 Å². The van der Waals surface area contributed by atoms with Crippen LogP contribution in [0.2, 0.25) is 5.02 Å². The number of fused-ring (bicyclic) bond motifs is 1. The van der Waals surface area contributed by atoms with Gasteiger partial charge in [-0.05, 0) is 36.6 Å². The van der Waals surface area contributed by atoms with E-state index in [-0.39, 0.29) is 5.91 Å². The van der Waals surface area contributed by atoms with E-state index < -0.39 is 9.84 Å². The van der Waals surface area contributed by atoms with Gasteiger partial charge in [0, 0.05) is 23.9 Å². The average Bonchev–Trinajstić information content (AvgIpc) is 2.91. The van der Waals surface area contributed by atoms with Crippen LogP contribution in [0.25, 0.3) is 0 Å². The second kappa shape index (κ2) is 5.68. The first kappa shape index (κ1) is 15.5. The van der Waals surface area contributed by atoms with Crippen molar-refractivity contribution in [3.63, 3.8) is 0 Å². The number of rotatable bonds is 2. The molecule has 0 radical (unpaired) electrons. The highest BCUT2D eigenvalue weighted by atomic mass is 35.5. The normalized spacial score (nSPS) is 14.7. The van der Waals surface area contributed by atoms with Gasteiger partial charge in [0.05, 0.1) is 14.8 Å². The molecule has 2 aromatic rings. The minimum absolute atomic E-state index is 0.136. The lowest BCUT2D eigenvalue weighted by atomic mass is 10.0. The van der Waals surface area contributed by atoms with Crippen LogP contribution in [-0.2, 0) is 16.3 Å². The summed E-state index contributed by atoms with van der Waals surface area (Å²) in [6, 6.07) is 6.73. The van der Waals surface area contributed by atoms with E-state index in [4.69, 9.17) is 11.6 Å². The SMILES string of the molecule is CS(=O)(=O)c1cccc2c1CCCN2C(=O)c1cc(Cl)cs1. The summed E-state index contributed by atoms with van der Waals surface area (Å²) in [5, 5.41) is 2.25. The smallest absolute Gasteiger partial charge is 0.268 e. The second-order valence-electron chi connectivity index (χ2n) is 5.22. The highest BCUT2D eigenvalue weighted by molar-refractivity contribution is 7.90. The van der Waals surface area contributed by atoms with Crippen molar-refractivity contribution >= 4 is 44.4 Å². The Balaban J connectivity index is 2.07. The quantitative estimate of drug-likeness (QED) is 0.829. The Bertz CT molecular complexity index is 842. The van der Waals surface area contributed by atoms with Crippen LogP contribution in [0.5, 0.6) is 0 Å². The van der Waals surface area contributed by atoms with Crippen molar-refractivity contribution in [1.29, 1.82) is 0 Å². The Morgan fingerprint density at radius 2 is 2.14 bits per heavy atom. The molecule has 0 saturated carbocycles. The van der Waals surface area contributed by atoms with Crippen LogP contribution in [0, 0.1) is 0 Å². The first-order chi connectivity index (χ1) is 10.4. The minimum atomic E-state index is -3.31. The first-order valence-electron chi connectivity index (χ1n) is 6.76. The lowest BCUT2D eigenvalue weighted by Gasteiger charge is -2.30. The number of sulfone groups is 1. The zero-order valence-corrected chi connectivity index (χ0v) is 14.3. The number of nitrogens with zero attached hydrogens (tertiary/aromatic N) is 1. The summed E-state index contributed by atoms with van der Waals surface area (Å²) < 4.78 is 23.9. The molecule has 0 N–H and O–H groups in total. The Hall–Kier alpha value is -1.37. The zero-order valence-electron chi connectivity index (χ0n) is 11.9. The van der Waals surface area contributed by atoms with Crippen molar-refractivity contribution in [2.24, 2.45) is 0 Å². The number of thiophene rings is 1. The number of hydrogen-bond donors (Lipinski definition) is 0. The van der Waals surface area contributed by atoms with Gasteiger partial charge in [-0.15, -0.1) is 11.3 Å². The van der Waals surface area contributed by atoms with E-state index in [9.17, 15) is 13.2 Å². The molecule has 1 aliphatic rings. The van der Waals surface area contributed by atoms with Gasteiger partial charge in [-0.3, -0.25) is 4.79 Å². The molecule has 1 amide bonds. The maximum absolute atomic E-state index is 12.7. The molecule has 0 unspecified atom stereocenters. The van der Waals surface area contributed by atoms with E-state index in [2.05, 4.69) is 0 Å². The topological polar surface area (TPSA) is 54.5 Å². The summed E-state index contributed by atoms with van der Waals surface area (Å²) in [6.07, 6.45) is 2.60. The van der Waals surface area contributed by atoms with Gasteiger partial charge in [0.1, 0.15) is 0 Å². The molecule has 7 heteroatoms. The summed E-state index contributed by atoms with van der Waals surface area (Å²) in [4.78, 5) is 15.2. The second-order valence-corrected chi connectivity index (χ2v) is 8.55. The molecule has 0 atom stereocenters. The van der Waals surface area contributed by atoms with Gasteiger partial charge in [-0.25, -0.2) is 8.42 Å². The summed E-state index contributed by atoms with van der Waals surface area (Å²) in [6.45, 7) is 0.578. The third-order valence-corrected chi connectivity index (χ3v) is 6.08. The molecule has 1 aromatic heterocycles. The number of amides is 1. The Morgan fingerprint density at radius 1 is 1.36 bits per heavy atom. The molecule has 22 heavy (non-hydrogen) atoms. The molecule has 0 spiro atoms. The largest absolute Gasteiger partial charge is 0.307 e. The molecule has 116 valence electrons. The van der Waals surface area contributed by atoms with Gasteiger partial charge in [0.25, 0.3) is 5.91 Å². The fourth-order valence-corrected chi connectivity index (χ4v) is 4.71. The molecule has 0 fully saturated rings. The van der Waals surface area contributed by atoms with E-state index >= 15 is 0 Å². The molecule has 3 rings (SSSR count). The van der Waals surface area contributed by atoms with Gasteiger partial charge in [-0.2, -0.15) is 0 Å². The lowest BCUT2D eigenvalue weighted by Crippen LogP contribution is -2.35. The molecule has 2 heterocycles. The maximum Gasteiger partial charge on any atom is 0.268 e. The molecule has 1 aliphatic heterocycles. The van der Waals surface area contributed by atoms with Crippen molar-refractivity contribution in [2.45, 2.75) is 17.7 Å².